The van der Waals surface area contributed by atoms with Crippen LogP contribution in [-0.2, 0) is 11.2 Å². The van der Waals surface area contributed by atoms with Crippen LogP contribution < -0.4 is 4.74 Å². The Morgan fingerprint density at radius 1 is 0.800 bits per heavy atom. The zero-order valence-electron chi connectivity index (χ0n) is 22.3. The predicted octanol–water partition coefficient (Wildman–Crippen LogP) is 9.33. The van der Waals surface area contributed by atoms with Crippen LogP contribution in [0.4, 0.5) is 0 Å². The van der Waals surface area contributed by atoms with Gasteiger partial charge in [0.2, 0.25) is 0 Å². The fraction of sp³-hybridized carbons (Fsp3) is 0.625. The summed E-state index contributed by atoms with van der Waals surface area (Å²) in [6, 6.07) is 12.1. The second kappa shape index (κ2) is 15.8. The first kappa shape index (κ1) is 27.4. The van der Waals surface area contributed by atoms with E-state index < -0.39 is 0 Å². The van der Waals surface area contributed by atoms with Crippen LogP contribution in [0, 0.1) is 11.8 Å². The topological polar surface area (TPSA) is 39.2 Å². The van der Waals surface area contributed by atoms with Gasteiger partial charge in [-0.15, -0.1) is 0 Å². The molecule has 0 spiro atoms. The summed E-state index contributed by atoms with van der Waals surface area (Å²) in [5.41, 5.74) is 3.33. The van der Waals surface area contributed by atoms with Crippen LogP contribution in [0.2, 0.25) is 0 Å². The first-order chi connectivity index (χ1) is 17.2. The maximum Gasteiger partial charge on any atom is 0.314 e. The number of aryl methyl sites for hydroxylation is 1. The minimum absolute atomic E-state index is 0.0550. The SMILES string of the molecule is CCCCCCCc1ccc(-c2ccc(OC(=O)C3CCC(CCCCCCC)CC3)cc2)nc1. The normalized spacial score (nSPS) is 17.9. The lowest BCUT2D eigenvalue weighted by molar-refractivity contribution is -0.140. The first-order valence-electron chi connectivity index (χ1n) is 14.5. The summed E-state index contributed by atoms with van der Waals surface area (Å²) in [4.78, 5) is 17.4. The second-order valence-corrected chi connectivity index (χ2v) is 10.6. The summed E-state index contributed by atoms with van der Waals surface area (Å²) in [6.07, 6.45) is 22.0. The molecule has 0 bridgehead atoms. The summed E-state index contributed by atoms with van der Waals surface area (Å²) in [7, 11) is 0. The average molecular weight is 478 g/mol. The van der Waals surface area contributed by atoms with Crippen molar-refractivity contribution in [2.24, 2.45) is 11.8 Å². The maximum absolute atomic E-state index is 12.7. The second-order valence-electron chi connectivity index (χ2n) is 10.6. The van der Waals surface area contributed by atoms with Crippen molar-refractivity contribution in [3.63, 3.8) is 0 Å². The van der Waals surface area contributed by atoms with Crippen LogP contribution in [0.3, 0.4) is 0 Å². The zero-order chi connectivity index (χ0) is 24.7. The largest absolute Gasteiger partial charge is 0.426 e. The van der Waals surface area contributed by atoms with Gasteiger partial charge in [0.1, 0.15) is 5.75 Å². The lowest BCUT2D eigenvalue weighted by Crippen LogP contribution is -2.25. The minimum Gasteiger partial charge on any atom is -0.426 e. The van der Waals surface area contributed by atoms with Crippen molar-refractivity contribution in [2.45, 2.75) is 117 Å². The number of esters is 1. The molecule has 1 saturated carbocycles. The van der Waals surface area contributed by atoms with Crippen LogP contribution >= 0.6 is 0 Å². The van der Waals surface area contributed by atoms with E-state index in [1.807, 2.05) is 30.5 Å². The summed E-state index contributed by atoms with van der Waals surface area (Å²) in [5, 5.41) is 0. The van der Waals surface area contributed by atoms with Crippen molar-refractivity contribution in [1.82, 2.24) is 4.98 Å². The molecule has 1 aliphatic rings. The van der Waals surface area contributed by atoms with Crippen molar-refractivity contribution in [2.75, 3.05) is 0 Å². The fourth-order valence-electron chi connectivity index (χ4n) is 5.29. The van der Waals surface area contributed by atoms with Crippen molar-refractivity contribution >= 4 is 5.97 Å². The summed E-state index contributed by atoms with van der Waals surface area (Å²) in [6.45, 7) is 4.52. The zero-order valence-corrected chi connectivity index (χ0v) is 22.3. The van der Waals surface area contributed by atoms with Gasteiger partial charge in [-0.1, -0.05) is 84.1 Å². The third kappa shape index (κ3) is 9.78. The molecule has 0 amide bonds. The summed E-state index contributed by atoms with van der Waals surface area (Å²) in [5.74, 6) is 1.45. The third-order valence-corrected chi connectivity index (χ3v) is 7.66. The molecule has 192 valence electrons. The van der Waals surface area contributed by atoms with E-state index in [0.29, 0.717) is 5.75 Å². The molecule has 0 saturated heterocycles. The molecular weight excluding hydrogens is 430 g/mol. The average Bonchev–Trinajstić information content (AvgIpc) is 2.90. The first-order valence-corrected chi connectivity index (χ1v) is 14.5. The Kier molecular flexibility index (Phi) is 12.3. The van der Waals surface area contributed by atoms with Crippen molar-refractivity contribution in [3.8, 4) is 17.0 Å². The highest BCUT2D eigenvalue weighted by molar-refractivity contribution is 5.75. The van der Waals surface area contributed by atoms with Gasteiger partial charge < -0.3 is 4.74 Å². The minimum atomic E-state index is -0.0550. The van der Waals surface area contributed by atoms with Crippen LogP contribution in [0.15, 0.2) is 42.6 Å². The molecule has 2 aromatic rings. The molecule has 0 unspecified atom stereocenters. The van der Waals surface area contributed by atoms with Crippen LogP contribution in [0.5, 0.6) is 5.75 Å². The van der Waals surface area contributed by atoms with E-state index in [1.165, 1.54) is 89.0 Å². The highest BCUT2D eigenvalue weighted by atomic mass is 16.5. The lowest BCUT2D eigenvalue weighted by atomic mass is 9.80. The molecule has 0 N–H and O–H groups in total. The number of unbranched alkanes of at least 4 members (excludes halogenated alkanes) is 8. The van der Waals surface area contributed by atoms with Gasteiger partial charge in [-0.05, 0) is 80.3 Å². The molecule has 3 nitrogen and oxygen atoms in total. The summed E-state index contributed by atoms with van der Waals surface area (Å²) < 4.78 is 5.74. The lowest BCUT2D eigenvalue weighted by Gasteiger charge is -2.27. The number of carbonyl (C=O) groups is 1. The van der Waals surface area contributed by atoms with Gasteiger partial charge in [-0.25, -0.2) is 0 Å². The smallest absolute Gasteiger partial charge is 0.314 e. The molecule has 35 heavy (non-hydrogen) atoms. The standard InChI is InChI=1S/C32H47NO2/c1-3-5-7-9-11-13-26-15-18-29(19-16-26)32(34)35-30-22-20-28(21-23-30)31-24-17-27(25-33-31)14-12-10-8-6-4-2/h17,20-26,29H,3-16,18-19H2,1-2H3. The Labute approximate surface area is 214 Å². The summed E-state index contributed by atoms with van der Waals surface area (Å²) >= 11 is 0. The van der Waals surface area contributed by atoms with Gasteiger partial charge in [-0.2, -0.15) is 0 Å². The molecule has 1 fully saturated rings. The Morgan fingerprint density at radius 3 is 2.09 bits per heavy atom. The molecule has 1 heterocycles. The maximum atomic E-state index is 12.7. The van der Waals surface area contributed by atoms with E-state index in [-0.39, 0.29) is 11.9 Å². The van der Waals surface area contributed by atoms with E-state index >= 15 is 0 Å². The number of ether oxygens (including phenoxy) is 1. The van der Waals surface area contributed by atoms with Crippen LogP contribution in [0.25, 0.3) is 11.3 Å². The molecule has 0 aliphatic heterocycles. The molecular formula is C32H47NO2. The number of pyridine rings is 1. The molecule has 0 atom stereocenters. The van der Waals surface area contributed by atoms with Crippen molar-refractivity contribution in [3.05, 3.63) is 48.2 Å². The quantitative estimate of drug-likeness (QED) is 0.146. The number of nitrogens with zero attached hydrogens (tertiary/aromatic N) is 1. The van der Waals surface area contributed by atoms with Gasteiger partial charge in [0, 0.05) is 11.8 Å². The number of rotatable bonds is 15. The van der Waals surface area contributed by atoms with Gasteiger partial charge in [0.05, 0.1) is 11.6 Å². The Hall–Kier alpha value is -2.16. The van der Waals surface area contributed by atoms with Gasteiger partial charge in [0.15, 0.2) is 0 Å². The molecule has 0 radical (unpaired) electrons. The van der Waals surface area contributed by atoms with Gasteiger partial charge >= 0.3 is 5.97 Å². The van der Waals surface area contributed by atoms with E-state index in [0.717, 1.165) is 36.4 Å². The fourth-order valence-corrected chi connectivity index (χ4v) is 5.29. The van der Waals surface area contributed by atoms with Gasteiger partial charge in [0.25, 0.3) is 0 Å². The predicted molar refractivity (Wildman–Crippen MR) is 147 cm³/mol. The number of aromatic nitrogens is 1. The van der Waals surface area contributed by atoms with E-state index in [2.05, 4.69) is 31.0 Å². The molecule has 1 aliphatic carbocycles. The molecule has 1 aromatic carbocycles. The van der Waals surface area contributed by atoms with E-state index in [4.69, 9.17) is 4.74 Å². The molecule has 3 rings (SSSR count). The Balaban J connectivity index is 1.39. The van der Waals surface area contributed by atoms with E-state index in [1.54, 1.807) is 0 Å². The molecule has 1 aromatic heterocycles. The van der Waals surface area contributed by atoms with Crippen molar-refractivity contribution in [1.29, 1.82) is 0 Å². The Morgan fingerprint density at radius 2 is 1.46 bits per heavy atom. The number of carbonyl (C=O) groups excluding carboxylic acids is 1. The number of hydrogen-bond acceptors (Lipinski definition) is 3. The van der Waals surface area contributed by atoms with Crippen LogP contribution in [0.1, 0.15) is 116 Å². The highest BCUT2D eigenvalue weighted by Crippen LogP contribution is 2.33. The number of benzene rings is 1. The van der Waals surface area contributed by atoms with Gasteiger partial charge in [-0.3, -0.25) is 9.78 Å². The highest BCUT2D eigenvalue weighted by Gasteiger charge is 2.27. The number of hydrogen-bond donors (Lipinski definition) is 0. The third-order valence-electron chi connectivity index (χ3n) is 7.66. The van der Waals surface area contributed by atoms with Crippen molar-refractivity contribution < 1.29 is 9.53 Å². The van der Waals surface area contributed by atoms with Crippen LogP contribution in [-0.4, -0.2) is 11.0 Å². The Bertz CT molecular complexity index is 835. The monoisotopic (exact) mass is 477 g/mol. The molecule has 3 heteroatoms. The van der Waals surface area contributed by atoms with E-state index in [9.17, 15) is 4.79 Å².